The van der Waals surface area contributed by atoms with Gasteiger partial charge in [0.05, 0.1) is 43.7 Å². The number of nitrogens with zero attached hydrogens (tertiary/aromatic N) is 5. The molecule has 1 N–H and O–H groups in total. The highest BCUT2D eigenvalue weighted by Gasteiger charge is 2.18. The van der Waals surface area contributed by atoms with Crippen LogP contribution in [0, 0.1) is 0 Å². The van der Waals surface area contributed by atoms with E-state index in [-0.39, 0.29) is 11.7 Å². The zero-order valence-corrected chi connectivity index (χ0v) is 19.3. The lowest BCUT2D eigenvalue weighted by Crippen LogP contribution is -2.36. The summed E-state index contributed by atoms with van der Waals surface area (Å²) in [4.78, 5) is 19.2. The van der Waals surface area contributed by atoms with Gasteiger partial charge < -0.3 is 19.4 Å². The van der Waals surface area contributed by atoms with Crippen LogP contribution in [0.1, 0.15) is 5.56 Å². The molecule has 3 aromatic heterocycles. The van der Waals surface area contributed by atoms with Crippen molar-refractivity contribution in [3.05, 3.63) is 72.6 Å². The SMILES string of the molecule is O=C(CSc1nnc(-c2ccco2)n1Cc1ccccc1)Nc1ccc(N2CCOCC2)cn1. The van der Waals surface area contributed by atoms with Crippen LogP contribution in [-0.4, -0.2) is 57.7 Å². The standard InChI is InChI=1S/C24H24N6O3S/c31-22(26-21-9-8-19(15-25-21)29-10-13-32-14-11-29)17-34-24-28-27-23(20-7-4-12-33-20)30(24)16-18-5-2-1-3-6-18/h1-9,12,15H,10-11,13-14,16-17H2,(H,25,26,31). The lowest BCUT2D eigenvalue weighted by Gasteiger charge is -2.28. The van der Waals surface area contributed by atoms with Gasteiger partial charge in [0, 0.05) is 13.1 Å². The number of morpholine rings is 1. The number of amides is 1. The first-order valence-corrected chi connectivity index (χ1v) is 12.0. The maximum Gasteiger partial charge on any atom is 0.236 e. The second kappa shape index (κ2) is 10.5. The third kappa shape index (κ3) is 5.29. The van der Waals surface area contributed by atoms with Crippen molar-refractivity contribution in [1.29, 1.82) is 0 Å². The molecule has 1 amide bonds. The molecule has 34 heavy (non-hydrogen) atoms. The van der Waals surface area contributed by atoms with Crippen LogP contribution in [0.15, 0.2) is 76.6 Å². The highest BCUT2D eigenvalue weighted by Crippen LogP contribution is 2.26. The molecule has 0 bridgehead atoms. The highest BCUT2D eigenvalue weighted by molar-refractivity contribution is 7.99. The molecule has 1 saturated heterocycles. The van der Waals surface area contributed by atoms with Gasteiger partial charge >= 0.3 is 0 Å². The number of pyridine rings is 1. The topological polar surface area (TPSA) is 98.3 Å². The quantitative estimate of drug-likeness (QED) is 0.386. The Morgan fingerprint density at radius 1 is 1.03 bits per heavy atom. The van der Waals surface area contributed by atoms with E-state index in [9.17, 15) is 4.79 Å². The zero-order valence-electron chi connectivity index (χ0n) is 18.5. The van der Waals surface area contributed by atoms with E-state index in [4.69, 9.17) is 9.15 Å². The van der Waals surface area contributed by atoms with Crippen LogP contribution in [0.2, 0.25) is 0 Å². The Morgan fingerprint density at radius 3 is 2.62 bits per heavy atom. The number of carbonyl (C=O) groups is 1. The maximum atomic E-state index is 12.6. The minimum Gasteiger partial charge on any atom is -0.461 e. The van der Waals surface area contributed by atoms with Crippen LogP contribution < -0.4 is 10.2 Å². The van der Waals surface area contributed by atoms with Crippen LogP contribution >= 0.6 is 11.8 Å². The third-order valence-corrected chi connectivity index (χ3v) is 6.33. The van der Waals surface area contributed by atoms with Crippen molar-refractivity contribution in [2.24, 2.45) is 0 Å². The summed E-state index contributed by atoms with van der Waals surface area (Å²) in [6, 6.07) is 17.5. The molecule has 174 valence electrons. The zero-order chi connectivity index (χ0) is 23.2. The van der Waals surface area contributed by atoms with E-state index in [1.807, 2.05) is 59.2 Å². The first-order chi connectivity index (χ1) is 16.8. The summed E-state index contributed by atoms with van der Waals surface area (Å²) in [6.07, 6.45) is 3.38. The van der Waals surface area contributed by atoms with Gasteiger partial charge in [-0.15, -0.1) is 10.2 Å². The molecule has 4 heterocycles. The molecule has 9 nitrogen and oxygen atoms in total. The van der Waals surface area contributed by atoms with Gasteiger partial charge in [0.2, 0.25) is 11.7 Å². The number of thioether (sulfide) groups is 1. The Labute approximate surface area is 201 Å². The van der Waals surface area contributed by atoms with Crippen molar-refractivity contribution >= 4 is 29.2 Å². The minimum atomic E-state index is -0.162. The van der Waals surface area contributed by atoms with Gasteiger partial charge in [0.15, 0.2) is 10.9 Å². The summed E-state index contributed by atoms with van der Waals surface area (Å²) in [5, 5.41) is 12.1. The van der Waals surface area contributed by atoms with Crippen LogP contribution in [0.3, 0.4) is 0 Å². The van der Waals surface area contributed by atoms with E-state index in [1.165, 1.54) is 11.8 Å². The second-order valence-electron chi connectivity index (χ2n) is 7.69. The van der Waals surface area contributed by atoms with Crippen molar-refractivity contribution < 1.29 is 13.9 Å². The van der Waals surface area contributed by atoms with Gasteiger partial charge in [-0.25, -0.2) is 4.98 Å². The largest absolute Gasteiger partial charge is 0.461 e. The van der Waals surface area contributed by atoms with Crippen LogP contribution in [0.25, 0.3) is 11.6 Å². The number of nitrogens with one attached hydrogen (secondary N) is 1. The van der Waals surface area contributed by atoms with Crippen LogP contribution in [0.4, 0.5) is 11.5 Å². The van der Waals surface area contributed by atoms with E-state index < -0.39 is 0 Å². The van der Waals surface area contributed by atoms with Gasteiger partial charge in [-0.2, -0.15) is 0 Å². The monoisotopic (exact) mass is 476 g/mol. The van der Waals surface area contributed by atoms with Gasteiger partial charge in [0.1, 0.15) is 5.82 Å². The van der Waals surface area contributed by atoms with Crippen molar-refractivity contribution in [3.8, 4) is 11.6 Å². The predicted octanol–water partition coefficient (Wildman–Crippen LogP) is 3.55. The molecule has 10 heteroatoms. The Morgan fingerprint density at radius 2 is 1.88 bits per heavy atom. The molecule has 1 aliphatic heterocycles. The number of hydrogen-bond acceptors (Lipinski definition) is 8. The van der Waals surface area contributed by atoms with Crippen molar-refractivity contribution in [2.45, 2.75) is 11.7 Å². The van der Waals surface area contributed by atoms with Crippen molar-refractivity contribution in [2.75, 3.05) is 42.3 Å². The maximum absolute atomic E-state index is 12.6. The number of carbonyl (C=O) groups excluding carboxylic acids is 1. The molecule has 0 atom stereocenters. The van der Waals surface area contributed by atoms with E-state index in [2.05, 4.69) is 25.4 Å². The lowest BCUT2D eigenvalue weighted by molar-refractivity contribution is -0.113. The molecular weight excluding hydrogens is 452 g/mol. The van der Waals surface area contributed by atoms with E-state index in [1.54, 1.807) is 12.5 Å². The summed E-state index contributed by atoms with van der Waals surface area (Å²) in [5.41, 5.74) is 2.13. The molecule has 1 fully saturated rings. The molecule has 4 aromatic rings. The van der Waals surface area contributed by atoms with Gasteiger partial charge in [-0.05, 0) is 29.8 Å². The first-order valence-electron chi connectivity index (χ1n) is 11.0. The third-order valence-electron chi connectivity index (χ3n) is 5.37. The average molecular weight is 477 g/mol. The molecule has 0 aliphatic carbocycles. The number of ether oxygens (including phenoxy) is 1. The fourth-order valence-corrected chi connectivity index (χ4v) is 4.41. The van der Waals surface area contributed by atoms with E-state index in [0.29, 0.717) is 42.3 Å². The Bertz CT molecular complexity index is 1210. The van der Waals surface area contributed by atoms with Crippen LogP contribution in [0.5, 0.6) is 0 Å². The predicted molar refractivity (Wildman–Crippen MR) is 130 cm³/mol. The van der Waals surface area contributed by atoms with Gasteiger partial charge in [-0.1, -0.05) is 42.1 Å². The molecule has 0 unspecified atom stereocenters. The Kier molecular flexibility index (Phi) is 6.87. The fourth-order valence-electron chi connectivity index (χ4n) is 3.67. The van der Waals surface area contributed by atoms with E-state index >= 15 is 0 Å². The van der Waals surface area contributed by atoms with Crippen LogP contribution in [-0.2, 0) is 16.1 Å². The second-order valence-corrected chi connectivity index (χ2v) is 8.64. The molecule has 0 saturated carbocycles. The number of anilines is 2. The lowest BCUT2D eigenvalue weighted by atomic mass is 10.2. The molecule has 0 radical (unpaired) electrons. The molecule has 1 aliphatic rings. The summed E-state index contributed by atoms with van der Waals surface area (Å²) in [6.45, 7) is 3.68. The number of furan rings is 1. The number of rotatable bonds is 8. The van der Waals surface area contributed by atoms with E-state index in [0.717, 1.165) is 24.3 Å². The summed E-state index contributed by atoms with van der Waals surface area (Å²) < 4.78 is 12.9. The minimum absolute atomic E-state index is 0.162. The first kappa shape index (κ1) is 22.2. The summed E-state index contributed by atoms with van der Waals surface area (Å²) >= 11 is 1.32. The van der Waals surface area contributed by atoms with Gasteiger partial charge in [0.25, 0.3) is 0 Å². The van der Waals surface area contributed by atoms with Gasteiger partial charge in [-0.3, -0.25) is 9.36 Å². The molecule has 5 rings (SSSR count). The Balaban J connectivity index is 1.24. The van der Waals surface area contributed by atoms with Crippen molar-refractivity contribution in [3.63, 3.8) is 0 Å². The summed E-state index contributed by atoms with van der Waals surface area (Å²) in [7, 11) is 0. The number of benzene rings is 1. The molecular formula is C24H24N6O3S. The fraction of sp³-hybridized carbons (Fsp3) is 0.250. The normalized spacial score (nSPS) is 13.7. The average Bonchev–Trinajstić information content (AvgIpc) is 3.55. The summed E-state index contributed by atoms with van der Waals surface area (Å²) in [5.74, 6) is 1.79. The Hall–Kier alpha value is -3.63. The molecule has 1 aromatic carbocycles. The smallest absolute Gasteiger partial charge is 0.236 e. The number of aromatic nitrogens is 4. The molecule has 0 spiro atoms. The number of hydrogen-bond donors (Lipinski definition) is 1. The van der Waals surface area contributed by atoms with Crippen molar-refractivity contribution in [1.82, 2.24) is 19.7 Å². The highest BCUT2D eigenvalue weighted by atomic mass is 32.2.